The van der Waals surface area contributed by atoms with E-state index in [9.17, 15) is 0 Å². The highest BCUT2D eigenvalue weighted by Crippen LogP contribution is 2.31. The number of rotatable bonds is 7. The van der Waals surface area contributed by atoms with Crippen molar-refractivity contribution in [3.63, 3.8) is 0 Å². The van der Waals surface area contributed by atoms with Crippen molar-refractivity contribution in [3.05, 3.63) is 36.0 Å². The van der Waals surface area contributed by atoms with Crippen molar-refractivity contribution in [2.45, 2.75) is 31.2 Å². The van der Waals surface area contributed by atoms with Gasteiger partial charge >= 0.3 is 0 Å². The molecule has 0 spiro atoms. The standard InChI is InChI=1S/C15H16N4O3S/c1-3-12-16-13(22-19-12)9-23-15-18-17-14(21-15)10-7-5-6-8-11(10)20-4-2/h5-8H,3-4,9H2,1-2H3. The van der Waals surface area contributed by atoms with Crippen LogP contribution < -0.4 is 4.74 Å². The summed E-state index contributed by atoms with van der Waals surface area (Å²) in [5.41, 5.74) is 0.778. The minimum Gasteiger partial charge on any atom is -0.493 e. The van der Waals surface area contributed by atoms with E-state index in [1.54, 1.807) is 0 Å². The number of benzene rings is 1. The van der Waals surface area contributed by atoms with E-state index in [1.807, 2.05) is 38.1 Å². The van der Waals surface area contributed by atoms with Crippen LogP contribution >= 0.6 is 11.8 Å². The second-order valence-corrected chi connectivity index (χ2v) is 5.48. The Kier molecular flexibility index (Phi) is 4.92. The third-order valence-corrected chi connectivity index (χ3v) is 3.77. The van der Waals surface area contributed by atoms with Crippen LogP contribution in [0.15, 0.2) is 38.4 Å². The molecule has 120 valence electrons. The molecule has 0 bridgehead atoms. The predicted octanol–water partition coefficient (Wildman–Crippen LogP) is 3.37. The molecule has 3 aromatic rings. The molecular weight excluding hydrogens is 316 g/mol. The molecule has 0 amide bonds. The molecule has 7 nitrogen and oxygen atoms in total. The zero-order chi connectivity index (χ0) is 16.1. The predicted molar refractivity (Wildman–Crippen MR) is 84.1 cm³/mol. The van der Waals surface area contributed by atoms with E-state index in [2.05, 4.69) is 20.3 Å². The molecule has 23 heavy (non-hydrogen) atoms. The minimum absolute atomic E-state index is 0.427. The molecule has 2 heterocycles. The summed E-state index contributed by atoms with van der Waals surface area (Å²) in [7, 11) is 0. The van der Waals surface area contributed by atoms with Gasteiger partial charge in [0.1, 0.15) is 5.75 Å². The summed E-state index contributed by atoms with van der Waals surface area (Å²) in [6.45, 7) is 4.48. The number of hydrogen-bond acceptors (Lipinski definition) is 8. The summed E-state index contributed by atoms with van der Waals surface area (Å²) >= 11 is 1.35. The number of nitrogens with zero attached hydrogens (tertiary/aromatic N) is 4. The highest BCUT2D eigenvalue weighted by atomic mass is 32.2. The molecule has 1 aromatic carbocycles. The molecule has 0 fully saturated rings. The molecular formula is C15H16N4O3S. The maximum atomic E-state index is 5.68. The summed E-state index contributed by atoms with van der Waals surface area (Å²) in [6, 6.07) is 7.57. The number of aryl methyl sites for hydroxylation is 1. The van der Waals surface area contributed by atoms with Crippen LogP contribution in [0, 0.1) is 0 Å². The van der Waals surface area contributed by atoms with Crippen LogP contribution in [0.1, 0.15) is 25.6 Å². The summed E-state index contributed by atoms with van der Waals surface area (Å²) in [4.78, 5) is 4.24. The minimum atomic E-state index is 0.427. The first kappa shape index (κ1) is 15.5. The number of hydrogen-bond donors (Lipinski definition) is 0. The lowest BCUT2D eigenvalue weighted by Gasteiger charge is -2.05. The van der Waals surface area contributed by atoms with Gasteiger partial charge in [-0.1, -0.05) is 36.0 Å². The van der Waals surface area contributed by atoms with Gasteiger partial charge in [0, 0.05) is 6.42 Å². The van der Waals surface area contributed by atoms with Crippen molar-refractivity contribution in [2.75, 3.05) is 6.61 Å². The Labute approximate surface area is 137 Å². The number of aromatic nitrogens is 4. The molecule has 0 unspecified atom stereocenters. The Morgan fingerprint density at radius 3 is 2.83 bits per heavy atom. The van der Waals surface area contributed by atoms with Crippen LogP contribution in [0.4, 0.5) is 0 Å². The maximum absolute atomic E-state index is 5.68. The van der Waals surface area contributed by atoms with Gasteiger partial charge in [-0.2, -0.15) is 4.98 Å². The quantitative estimate of drug-likeness (QED) is 0.609. The van der Waals surface area contributed by atoms with Crippen LogP contribution in [0.25, 0.3) is 11.5 Å². The van der Waals surface area contributed by atoms with E-state index in [0.717, 1.165) is 17.7 Å². The molecule has 0 saturated carbocycles. The van der Waals surface area contributed by atoms with Crippen LogP contribution in [0.3, 0.4) is 0 Å². The Bertz CT molecular complexity index is 771. The van der Waals surface area contributed by atoms with Crippen LogP contribution in [-0.2, 0) is 12.2 Å². The zero-order valence-electron chi connectivity index (χ0n) is 12.9. The molecule has 8 heteroatoms. The largest absolute Gasteiger partial charge is 0.493 e. The van der Waals surface area contributed by atoms with Crippen molar-refractivity contribution in [3.8, 4) is 17.2 Å². The Balaban J connectivity index is 1.70. The van der Waals surface area contributed by atoms with E-state index < -0.39 is 0 Å². The lowest BCUT2D eigenvalue weighted by atomic mass is 10.2. The van der Waals surface area contributed by atoms with Crippen molar-refractivity contribution in [2.24, 2.45) is 0 Å². The lowest BCUT2D eigenvalue weighted by molar-refractivity contribution is 0.340. The van der Waals surface area contributed by atoms with Crippen molar-refractivity contribution in [1.29, 1.82) is 0 Å². The van der Waals surface area contributed by atoms with Crippen LogP contribution in [-0.4, -0.2) is 26.9 Å². The molecule has 3 rings (SSSR count). The highest BCUT2D eigenvalue weighted by molar-refractivity contribution is 7.98. The third kappa shape index (κ3) is 3.70. The fourth-order valence-electron chi connectivity index (χ4n) is 1.92. The molecule has 0 saturated heterocycles. The molecule has 0 aliphatic heterocycles. The maximum Gasteiger partial charge on any atom is 0.277 e. The smallest absolute Gasteiger partial charge is 0.277 e. The van der Waals surface area contributed by atoms with Crippen molar-refractivity contribution in [1.82, 2.24) is 20.3 Å². The molecule has 0 N–H and O–H groups in total. The van der Waals surface area contributed by atoms with Gasteiger partial charge in [-0.25, -0.2) is 0 Å². The van der Waals surface area contributed by atoms with Gasteiger partial charge in [0.25, 0.3) is 11.1 Å². The second kappa shape index (κ2) is 7.28. The van der Waals surface area contributed by atoms with E-state index in [4.69, 9.17) is 13.7 Å². The van der Waals surface area contributed by atoms with E-state index >= 15 is 0 Å². The third-order valence-electron chi connectivity index (χ3n) is 2.97. The fraction of sp³-hybridized carbons (Fsp3) is 0.333. The average Bonchev–Trinajstić information content (AvgIpc) is 3.23. The number of thioether (sulfide) groups is 1. The summed E-state index contributed by atoms with van der Waals surface area (Å²) in [6.07, 6.45) is 0.743. The Hall–Kier alpha value is -2.35. The molecule has 0 radical (unpaired) electrons. The van der Waals surface area contributed by atoms with Gasteiger partial charge in [-0.15, -0.1) is 10.2 Å². The summed E-state index contributed by atoms with van der Waals surface area (Å²) in [5.74, 6) is 2.87. The van der Waals surface area contributed by atoms with Crippen LogP contribution in [0.2, 0.25) is 0 Å². The molecule has 0 atom stereocenters. The lowest BCUT2D eigenvalue weighted by Crippen LogP contribution is -1.93. The van der Waals surface area contributed by atoms with Gasteiger partial charge < -0.3 is 13.7 Å². The molecule has 2 aromatic heterocycles. The topological polar surface area (TPSA) is 87.1 Å². The Morgan fingerprint density at radius 1 is 1.17 bits per heavy atom. The molecule has 0 aliphatic carbocycles. The highest BCUT2D eigenvalue weighted by Gasteiger charge is 2.14. The van der Waals surface area contributed by atoms with E-state index in [1.165, 1.54) is 11.8 Å². The normalized spacial score (nSPS) is 10.9. The first-order valence-electron chi connectivity index (χ1n) is 7.30. The monoisotopic (exact) mass is 332 g/mol. The van der Waals surface area contributed by atoms with Gasteiger partial charge in [0.15, 0.2) is 5.82 Å². The SMILES string of the molecule is CCOc1ccccc1-c1nnc(SCc2nc(CC)no2)o1. The molecule has 0 aliphatic rings. The first-order chi connectivity index (χ1) is 11.3. The number of ether oxygens (including phenoxy) is 1. The van der Waals surface area contributed by atoms with Gasteiger partial charge in [-0.3, -0.25) is 0 Å². The first-order valence-corrected chi connectivity index (χ1v) is 8.28. The Morgan fingerprint density at radius 2 is 2.04 bits per heavy atom. The van der Waals surface area contributed by atoms with Crippen molar-refractivity contribution < 1.29 is 13.7 Å². The van der Waals surface area contributed by atoms with Gasteiger partial charge in [-0.05, 0) is 19.1 Å². The summed E-state index contributed by atoms with van der Waals surface area (Å²) < 4.78 is 16.4. The summed E-state index contributed by atoms with van der Waals surface area (Å²) in [5, 5.41) is 12.4. The van der Waals surface area contributed by atoms with E-state index in [0.29, 0.717) is 35.2 Å². The second-order valence-electron chi connectivity index (χ2n) is 4.55. The van der Waals surface area contributed by atoms with Gasteiger partial charge in [0.05, 0.1) is 17.9 Å². The fourth-order valence-corrected chi connectivity index (χ4v) is 2.52. The van der Waals surface area contributed by atoms with Crippen molar-refractivity contribution >= 4 is 11.8 Å². The van der Waals surface area contributed by atoms with Crippen LogP contribution in [0.5, 0.6) is 5.75 Å². The average molecular weight is 332 g/mol. The number of para-hydroxylation sites is 1. The van der Waals surface area contributed by atoms with Gasteiger partial charge in [0.2, 0.25) is 5.89 Å². The van der Waals surface area contributed by atoms with E-state index in [-0.39, 0.29) is 0 Å². The zero-order valence-corrected chi connectivity index (χ0v) is 13.7.